The number of primary amides is 1. The number of benzene rings is 1. The van der Waals surface area contributed by atoms with Crippen LogP contribution in [-0.4, -0.2) is 42.9 Å². The molecule has 0 aliphatic carbocycles. The first-order valence-electron chi connectivity index (χ1n) is 10.00. The number of piperidine rings is 1. The fourth-order valence-corrected chi connectivity index (χ4v) is 5.21. The summed E-state index contributed by atoms with van der Waals surface area (Å²) in [6.45, 7) is 2.84. The van der Waals surface area contributed by atoms with Crippen molar-refractivity contribution in [3.8, 4) is 10.4 Å². The van der Waals surface area contributed by atoms with Gasteiger partial charge < -0.3 is 16.0 Å². The van der Waals surface area contributed by atoms with Gasteiger partial charge in [0.05, 0.1) is 5.41 Å². The van der Waals surface area contributed by atoms with Gasteiger partial charge in [-0.05, 0) is 61.3 Å². The molecule has 0 bridgehead atoms. The lowest BCUT2D eigenvalue weighted by Crippen LogP contribution is -2.45. The minimum Gasteiger partial charge on any atom is -0.369 e. The highest BCUT2D eigenvalue weighted by atomic mass is 32.1. The number of hydrogen-bond donors (Lipinski definition) is 2. The molecule has 0 radical (unpaired) electrons. The van der Waals surface area contributed by atoms with Crippen LogP contribution in [0.4, 0.5) is 0 Å². The van der Waals surface area contributed by atoms with E-state index in [-0.39, 0.29) is 17.7 Å². The Balaban J connectivity index is 1.51. The summed E-state index contributed by atoms with van der Waals surface area (Å²) >= 11 is 1.70. The zero-order valence-electron chi connectivity index (χ0n) is 16.0. The molecule has 1 atom stereocenters. The summed E-state index contributed by atoms with van der Waals surface area (Å²) in [5.74, 6) is -0.0290. The first kappa shape index (κ1) is 19.2. The maximum absolute atomic E-state index is 12.9. The van der Waals surface area contributed by atoms with Crippen molar-refractivity contribution in [1.29, 1.82) is 0 Å². The molecular weight excluding hydrogens is 370 g/mol. The van der Waals surface area contributed by atoms with E-state index >= 15 is 0 Å². The molecule has 1 aromatic heterocycles. The fraction of sp³-hybridized carbons (Fsp3) is 0.455. The molecule has 2 saturated heterocycles. The summed E-state index contributed by atoms with van der Waals surface area (Å²) in [4.78, 5) is 28.5. The van der Waals surface area contributed by atoms with Gasteiger partial charge in [0, 0.05) is 23.9 Å². The number of rotatable bonds is 5. The second kappa shape index (κ2) is 8.05. The van der Waals surface area contributed by atoms with E-state index < -0.39 is 5.41 Å². The molecule has 1 aromatic carbocycles. The van der Waals surface area contributed by atoms with Crippen LogP contribution in [0.15, 0.2) is 41.8 Å². The van der Waals surface area contributed by atoms with Gasteiger partial charge in [-0.2, -0.15) is 0 Å². The first-order valence-corrected chi connectivity index (χ1v) is 10.9. The van der Waals surface area contributed by atoms with Crippen LogP contribution < -0.4 is 11.1 Å². The quantitative estimate of drug-likeness (QED) is 0.814. The zero-order valence-corrected chi connectivity index (χ0v) is 16.8. The van der Waals surface area contributed by atoms with E-state index in [1.54, 1.807) is 11.3 Å². The largest absolute Gasteiger partial charge is 0.369 e. The number of nitrogens with two attached hydrogens (primary N) is 1. The normalized spacial score (nSPS) is 23.1. The average molecular weight is 398 g/mol. The molecule has 2 aromatic rings. The minimum atomic E-state index is -0.670. The molecular formula is C22H27N3O2S. The van der Waals surface area contributed by atoms with Crippen LogP contribution in [0.3, 0.4) is 0 Å². The molecule has 2 fully saturated rings. The summed E-state index contributed by atoms with van der Waals surface area (Å²) in [5.41, 5.74) is 7.46. The number of nitrogens with zero attached hydrogens (tertiary/aromatic N) is 1. The molecule has 5 nitrogen and oxygen atoms in total. The van der Waals surface area contributed by atoms with Gasteiger partial charge in [0.15, 0.2) is 0 Å². The Morgan fingerprint density at radius 3 is 2.75 bits per heavy atom. The van der Waals surface area contributed by atoms with Gasteiger partial charge in [-0.25, -0.2) is 0 Å². The zero-order chi connectivity index (χ0) is 19.6. The van der Waals surface area contributed by atoms with E-state index in [0.29, 0.717) is 25.9 Å². The molecule has 6 heteroatoms. The Kier molecular flexibility index (Phi) is 5.51. The van der Waals surface area contributed by atoms with Crippen molar-refractivity contribution in [3.63, 3.8) is 0 Å². The van der Waals surface area contributed by atoms with E-state index in [2.05, 4.69) is 35.0 Å². The lowest BCUT2D eigenvalue weighted by atomic mass is 9.79. The fourth-order valence-electron chi connectivity index (χ4n) is 4.49. The predicted molar refractivity (Wildman–Crippen MR) is 112 cm³/mol. The topological polar surface area (TPSA) is 75.4 Å². The highest BCUT2D eigenvalue weighted by molar-refractivity contribution is 7.13. The minimum absolute atomic E-state index is 0.0760. The third-order valence-corrected chi connectivity index (χ3v) is 7.07. The number of carbonyl (C=O) groups excluding carboxylic acids is 2. The smallest absolute Gasteiger partial charge is 0.225 e. The SMILES string of the molecule is NC(=O)[C@@]1(Cc2cccc(-c3cccs3)c2)CCN(C(=O)C2CCNCC2)C1. The first-order chi connectivity index (χ1) is 13.6. The van der Waals surface area contributed by atoms with Gasteiger partial charge in [-0.1, -0.05) is 30.3 Å². The standard InChI is InChI=1S/C22H27N3O2S/c23-21(27)22(8-11-25(15-22)20(26)17-6-9-24-10-7-17)14-16-3-1-4-18(13-16)19-5-2-12-28-19/h1-5,12-13,17,24H,6-11,14-15H2,(H2,23,27)/t22-/m1/s1. The van der Waals surface area contributed by atoms with E-state index in [9.17, 15) is 9.59 Å². The lowest BCUT2D eigenvalue weighted by molar-refractivity contribution is -0.136. The molecule has 3 heterocycles. The van der Waals surface area contributed by atoms with Gasteiger partial charge in [-0.3, -0.25) is 9.59 Å². The van der Waals surface area contributed by atoms with E-state index in [4.69, 9.17) is 5.73 Å². The Hall–Kier alpha value is -2.18. The van der Waals surface area contributed by atoms with Crippen LogP contribution in [-0.2, 0) is 16.0 Å². The van der Waals surface area contributed by atoms with Crippen molar-refractivity contribution in [2.45, 2.75) is 25.7 Å². The van der Waals surface area contributed by atoms with Crippen LogP contribution in [0.2, 0.25) is 0 Å². The average Bonchev–Trinajstić information content (AvgIpc) is 3.39. The van der Waals surface area contributed by atoms with Crippen molar-refractivity contribution < 1.29 is 9.59 Å². The van der Waals surface area contributed by atoms with Crippen LogP contribution in [0.1, 0.15) is 24.8 Å². The monoisotopic (exact) mass is 397 g/mol. The van der Waals surface area contributed by atoms with Gasteiger partial charge in [0.25, 0.3) is 0 Å². The molecule has 3 N–H and O–H groups in total. The third-order valence-electron chi connectivity index (χ3n) is 6.15. The maximum Gasteiger partial charge on any atom is 0.225 e. The van der Waals surface area contributed by atoms with E-state index in [0.717, 1.165) is 37.1 Å². The Morgan fingerprint density at radius 2 is 2.04 bits per heavy atom. The van der Waals surface area contributed by atoms with E-state index in [1.165, 1.54) is 4.88 Å². The highest BCUT2D eigenvalue weighted by Crippen LogP contribution is 2.36. The summed E-state index contributed by atoms with van der Waals surface area (Å²) < 4.78 is 0. The van der Waals surface area contributed by atoms with Crippen molar-refractivity contribution in [3.05, 3.63) is 47.3 Å². The Labute approximate surface area is 169 Å². The van der Waals surface area contributed by atoms with Crippen LogP contribution >= 0.6 is 11.3 Å². The van der Waals surface area contributed by atoms with Crippen molar-refractivity contribution in [2.75, 3.05) is 26.2 Å². The molecule has 2 aliphatic heterocycles. The Morgan fingerprint density at radius 1 is 1.21 bits per heavy atom. The van der Waals surface area contributed by atoms with Crippen LogP contribution in [0, 0.1) is 11.3 Å². The summed E-state index contributed by atoms with van der Waals surface area (Å²) in [5, 5.41) is 5.36. The summed E-state index contributed by atoms with van der Waals surface area (Å²) in [7, 11) is 0. The summed E-state index contributed by atoms with van der Waals surface area (Å²) in [6.07, 6.45) is 2.98. The van der Waals surface area contributed by atoms with Gasteiger partial charge >= 0.3 is 0 Å². The molecule has 0 unspecified atom stereocenters. The lowest BCUT2D eigenvalue weighted by Gasteiger charge is -2.29. The van der Waals surface area contributed by atoms with Gasteiger partial charge in [0.2, 0.25) is 11.8 Å². The molecule has 4 rings (SSSR count). The number of hydrogen-bond acceptors (Lipinski definition) is 4. The van der Waals surface area contributed by atoms with Crippen molar-refractivity contribution >= 4 is 23.2 Å². The van der Waals surface area contributed by atoms with Gasteiger partial charge in [-0.15, -0.1) is 11.3 Å². The number of likely N-dealkylation sites (tertiary alicyclic amines) is 1. The second-order valence-corrected chi connectivity index (χ2v) is 8.98. The molecule has 2 amide bonds. The van der Waals surface area contributed by atoms with Crippen LogP contribution in [0.25, 0.3) is 10.4 Å². The number of nitrogens with one attached hydrogen (secondary N) is 1. The number of amides is 2. The molecule has 0 spiro atoms. The Bertz CT molecular complexity index is 845. The highest BCUT2D eigenvalue weighted by Gasteiger charge is 2.45. The molecule has 28 heavy (non-hydrogen) atoms. The molecule has 0 saturated carbocycles. The van der Waals surface area contributed by atoms with Crippen LogP contribution in [0.5, 0.6) is 0 Å². The van der Waals surface area contributed by atoms with Gasteiger partial charge in [0.1, 0.15) is 0 Å². The summed E-state index contributed by atoms with van der Waals surface area (Å²) in [6, 6.07) is 12.5. The molecule has 2 aliphatic rings. The predicted octanol–water partition coefficient (Wildman–Crippen LogP) is 2.66. The maximum atomic E-state index is 12.9. The number of thiophene rings is 1. The second-order valence-electron chi connectivity index (χ2n) is 8.03. The number of carbonyl (C=O) groups is 2. The van der Waals surface area contributed by atoms with E-state index in [1.807, 2.05) is 17.0 Å². The van der Waals surface area contributed by atoms with Crippen molar-refractivity contribution in [2.24, 2.45) is 17.1 Å². The van der Waals surface area contributed by atoms with Crippen molar-refractivity contribution in [1.82, 2.24) is 10.2 Å². The third kappa shape index (κ3) is 3.84. The molecule has 148 valence electrons.